The van der Waals surface area contributed by atoms with Gasteiger partial charge in [0.1, 0.15) is 11.4 Å². The number of nitrogens with zero attached hydrogens (tertiary/aromatic N) is 1. The van der Waals surface area contributed by atoms with Crippen molar-refractivity contribution in [2.24, 2.45) is 0 Å². The molecule has 1 amide bonds. The summed E-state index contributed by atoms with van der Waals surface area (Å²) in [7, 11) is 0. The summed E-state index contributed by atoms with van der Waals surface area (Å²) in [5, 5.41) is 6.75. The Bertz CT molecular complexity index is 967. The van der Waals surface area contributed by atoms with Crippen LogP contribution in [0.5, 0.6) is 17.2 Å². The average Bonchev–Trinajstić information content (AvgIpc) is 3.34. The van der Waals surface area contributed by atoms with E-state index in [0.29, 0.717) is 28.7 Å². The molecule has 1 aliphatic heterocycles. The normalized spacial score (nSPS) is 12.0. The molecule has 2 aromatic carbocycles. The van der Waals surface area contributed by atoms with Crippen molar-refractivity contribution in [1.82, 2.24) is 10.5 Å². The summed E-state index contributed by atoms with van der Waals surface area (Å²) in [4.78, 5) is 12.0. The van der Waals surface area contributed by atoms with Crippen LogP contribution in [-0.4, -0.2) is 24.5 Å². The Labute approximate surface area is 155 Å². The Morgan fingerprint density at radius 1 is 1.15 bits per heavy atom. The number of aromatic nitrogens is 1. The predicted molar refractivity (Wildman–Crippen MR) is 96.6 cm³/mol. The average molecular weight is 366 g/mol. The Hall–Kier alpha value is -3.48. The Morgan fingerprint density at radius 2 is 2.00 bits per heavy atom. The quantitative estimate of drug-likeness (QED) is 0.722. The molecule has 2 heterocycles. The van der Waals surface area contributed by atoms with Crippen molar-refractivity contribution in [1.29, 1.82) is 0 Å². The molecule has 0 spiro atoms. The molecule has 1 aliphatic rings. The zero-order valence-electron chi connectivity index (χ0n) is 14.7. The third-order valence-corrected chi connectivity index (χ3v) is 4.14. The monoisotopic (exact) mass is 366 g/mol. The first-order valence-electron chi connectivity index (χ1n) is 8.50. The van der Waals surface area contributed by atoms with Gasteiger partial charge in [-0.05, 0) is 36.8 Å². The largest absolute Gasteiger partial charge is 0.484 e. The van der Waals surface area contributed by atoms with E-state index in [1.54, 1.807) is 6.07 Å². The van der Waals surface area contributed by atoms with Crippen LogP contribution in [0.25, 0.3) is 11.3 Å². The van der Waals surface area contributed by atoms with Gasteiger partial charge in [-0.3, -0.25) is 4.79 Å². The van der Waals surface area contributed by atoms with E-state index < -0.39 is 0 Å². The van der Waals surface area contributed by atoms with E-state index in [4.69, 9.17) is 18.7 Å². The number of hydrogen-bond acceptors (Lipinski definition) is 6. The van der Waals surface area contributed by atoms with Gasteiger partial charge in [-0.1, -0.05) is 23.4 Å². The fourth-order valence-electron chi connectivity index (χ4n) is 2.68. The van der Waals surface area contributed by atoms with Crippen LogP contribution >= 0.6 is 0 Å². The number of amides is 1. The van der Waals surface area contributed by atoms with Crippen molar-refractivity contribution in [2.75, 3.05) is 13.4 Å². The summed E-state index contributed by atoms with van der Waals surface area (Å²) < 4.78 is 21.5. The van der Waals surface area contributed by atoms with Crippen LogP contribution in [0.15, 0.2) is 53.1 Å². The smallest absolute Gasteiger partial charge is 0.258 e. The second kappa shape index (κ2) is 7.41. The molecule has 4 rings (SSSR count). The van der Waals surface area contributed by atoms with E-state index in [2.05, 4.69) is 10.5 Å². The van der Waals surface area contributed by atoms with Gasteiger partial charge in [0, 0.05) is 11.6 Å². The molecule has 0 radical (unpaired) electrons. The second-order valence-corrected chi connectivity index (χ2v) is 6.08. The highest BCUT2D eigenvalue weighted by Gasteiger charge is 2.16. The van der Waals surface area contributed by atoms with Gasteiger partial charge in [0.2, 0.25) is 6.79 Å². The van der Waals surface area contributed by atoms with Gasteiger partial charge in [-0.2, -0.15) is 0 Å². The lowest BCUT2D eigenvalue weighted by atomic mass is 10.1. The lowest BCUT2D eigenvalue weighted by Gasteiger charge is -2.08. The van der Waals surface area contributed by atoms with Crippen molar-refractivity contribution < 1.29 is 23.5 Å². The number of benzene rings is 2. The van der Waals surface area contributed by atoms with Crippen LogP contribution in [0.2, 0.25) is 0 Å². The molecule has 0 bridgehead atoms. The molecule has 0 fully saturated rings. The second-order valence-electron chi connectivity index (χ2n) is 6.08. The molecule has 1 N–H and O–H groups in total. The minimum Gasteiger partial charge on any atom is -0.484 e. The third kappa shape index (κ3) is 3.87. The number of aryl methyl sites for hydroxylation is 1. The summed E-state index contributed by atoms with van der Waals surface area (Å²) >= 11 is 0. The first kappa shape index (κ1) is 17.0. The molecule has 138 valence electrons. The SMILES string of the molecule is Cc1ccccc1OCC(=O)NCc1cc(-c2ccc3c(c2)OCO3)on1. The number of carbonyl (C=O) groups excluding carboxylic acids is 1. The van der Waals surface area contributed by atoms with E-state index in [9.17, 15) is 4.79 Å². The lowest BCUT2D eigenvalue weighted by molar-refractivity contribution is -0.123. The molecule has 0 unspecified atom stereocenters. The maximum Gasteiger partial charge on any atom is 0.258 e. The first-order chi connectivity index (χ1) is 13.2. The highest BCUT2D eigenvalue weighted by molar-refractivity contribution is 5.77. The zero-order chi connectivity index (χ0) is 18.6. The zero-order valence-corrected chi connectivity index (χ0v) is 14.7. The Balaban J connectivity index is 1.32. The molecule has 7 heteroatoms. The fourth-order valence-corrected chi connectivity index (χ4v) is 2.68. The number of para-hydroxylation sites is 1. The van der Waals surface area contributed by atoms with Crippen molar-refractivity contribution >= 4 is 5.91 Å². The topological polar surface area (TPSA) is 82.8 Å². The number of carbonyl (C=O) groups is 1. The minimum absolute atomic E-state index is 0.0578. The van der Waals surface area contributed by atoms with Gasteiger partial charge in [0.05, 0.1) is 6.54 Å². The number of fused-ring (bicyclic) bond motifs is 1. The van der Waals surface area contributed by atoms with Crippen LogP contribution in [0.4, 0.5) is 0 Å². The fraction of sp³-hybridized carbons (Fsp3) is 0.200. The van der Waals surface area contributed by atoms with Crippen LogP contribution in [0, 0.1) is 6.92 Å². The van der Waals surface area contributed by atoms with Gasteiger partial charge in [-0.25, -0.2) is 0 Å². The minimum atomic E-state index is -0.231. The van der Waals surface area contributed by atoms with E-state index in [0.717, 1.165) is 11.1 Å². The van der Waals surface area contributed by atoms with Crippen LogP contribution in [-0.2, 0) is 11.3 Å². The van der Waals surface area contributed by atoms with E-state index in [1.807, 2.05) is 49.4 Å². The standard InChI is InChI=1S/C20H18N2O5/c1-13-4-2-3-5-16(13)24-11-20(23)21-10-15-9-18(27-22-15)14-6-7-17-19(8-14)26-12-25-17/h2-9H,10-12H2,1H3,(H,21,23). The molecule has 3 aromatic rings. The van der Waals surface area contributed by atoms with Gasteiger partial charge in [-0.15, -0.1) is 0 Å². The van der Waals surface area contributed by atoms with Crippen molar-refractivity contribution in [3.8, 4) is 28.6 Å². The maximum absolute atomic E-state index is 12.0. The molecule has 0 aliphatic carbocycles. The number of nitrogens with one attached hydrogen (secondary N) is 1. The molecule has 0 atom stereocenters. The molecule has 0 saturated heterocycles. The highest BCUT2D eigenvalue weighted by Crippen LogP contribution is 2.35. The van der Waals surface area contributed by atoms with Crippen LogP contribution in [0.3, 0.4) is 0 Å². The third-order valence-electron chi connectivity index (χ3n) is 4.14. The maximum atomic E-state index is 12.0. The highest BCUT2D eigenvalue weighted by atomic mass is 16.7. The summed E-state index contributed by atoms with van der Waals surface area (Å²) in [5.41, 5.74) is 2.43. The summed E-state index contributed by atoms with van der Waals surface area (Å²) in [6.07, 6.45) is 0. The van der Waals surface area contributed by atoms with Gasteiger partial charge >= 0.3 is 0 Å². The van der Waals surface area contributed by atoms with Crippen molar-refractivity contribution in [2.45, 2.75) is 13.5 Å². The first-order valence-corrected chi connectivity index (χ1v) is 8.50. The van der Waals surface area contributed by atoms with E-state index in [-0.39, 0.29) is 25.9 Å². The molecule has 7 nitrogen and oxygen atoms in total. The van der Waals surface area contributed by atoms with E-state index in [1.165, 1.54) is 0 Å². The van der Waals surface area contributed by atoms with Crippen LogP contribution in [0.1, 0.15) is 11.3 Å². The summed E-state index contributed by atoms with van der Waals surface area (Å²) in [5.74, 6) is 2.44. The Morgan fingerprint density at radius 3 is 2.89 bits per heavy atom. The van der Waals surface area contributed by atoms with Crippen LogP contribution < -0.4 is 19.5 Å². The van der Waals surface area contributed by atoms with Crippen molar-refractivity contribution in [3.05, 3.63) is 59.8 Å². The molecule has 1 aromatic heterocycles. The van der Waals surface area contributed by atoms with Gasteiger partial charge in [0.25, 0.3) is 5.91 Å². The summed E-state index contributed by atoms with van der Waals surface area (Å²) in [6, 6.07) is 14.9. The van der Waals surface area contributed by atoms with Crippen molar-refractivity contribution in [3.63, 3.8) is 0 Å². The number of ether oxygens (including phenoxy) is 3. The van der Waals surface area contributed by atoms with Gasteiger partial charge in [0.15, 0.2) is 23.9 Å². The van der Waals surface area contributed by atoms with Gasteiger partial charge < -0.3 is 24.1 Å². The molecular weight excluding hydrogens is 348 g/mol. The molecular formula is C20H18N2O5. The molecule has 0 saturated carbocycles. The predicted octanol–water partition coefficient (Wildman–Crippen LogP) is 3.07. The molecule has 27 heavy (non-hydrogen) atoms. The van der Waals surface area contributed by atoms with E-state index >= 15 is 0 Å². The Kier molecular flexibility index (Phi) is 4.65. The summed E-state index contributed by atoms with van der Waals surface area (Å²) in [6.45, 7) is 2.35. The lowest BCUT2D eigenvalue weighted by Crippen LogP contribution is -2.28. The number of rotatable bonds is 6. The number of hydrogen-bond donors (Lipinski definition) is 1.